The van der Waals surface area contributed by atoms with E-state index >= 15 is 0 Å². The summed E-state index contributed by atoms with van der Waals surface area (Å²) < 4.78 is 0. The van der Waals surface area contributed by atoms with Crippen LogP contribution in [-0.2, 0) is 9.59 Å². The van der Waals surface area contributed by atoms with E-state index in [0.29, 0.717) is 54.0 Å². The van der Waals surface area contributed by atoms with E-state index in [1.54, 1.807) is 29.2 Å². The van der Waals surface area contributed by atoms with Gasteiger partial charge in [0.25, 0.3) is 0 Å². The van der Waals surface area contributed by atoms with Gasteiger partial charge in [0, 0.05) is 35.8 Å². The summed E-state index contributed by atoms with van der Waals surface area (Å²) in [6.45, 7) is 2.88. The number of pyridine rings is 1. The number of likely N-dealkylation sites (tertiary alicyclic amines) is 1. The third-order valence-corrected chi connectivity index (χ3v) is 6.11. The molecule has 0 radical (unpaired) electrons. The summed E-state index contributed by atoms with van der Waals surface area (Å²) in [5.74, 6) is 0.532. The number of carbonyl (C=O) groups is 2. The predicted molar refractivity (Wildman–Crippen MR) is 125 cm³/mol. The van der Waals surface area contributed by atoms with E-state index < -0.39 is 6.04 Å². The molecular formula is C22H23Cl2N7O2. The molecule has 0 aliphatic carbocycles. The van der Waals surface area contributed by atoms with Crippen molar-refractivity contribution in [1.82, 2.24) is 30.1 Å². The number of anilines is 1. The number of nitrogens with one attached hydrogen (secondary N) is 1. The number of tetrazole rings is 1. The number of nitrogens with zero attached hydrogens (tertiary/aromatic N) is 6. The molecule has 11 heteroatoms. The molecule has 1 fully saturated rings. The van der Waals surface area contributed by atoms with Crippen LogP contribution in [0, 0.1) is 5.92 Å². The topological polar surface area (TPSA) is 106 Å². The molecule has 2 aromatic heterocycles. The Morgan fingerprint density at radius 2 is 1.79 bits per heavy atom. The second kappa shape index (κ2) is 10.3. The number of benzene rings is 1. The SMILES string of the molecule is CCC(C(=O)N1CCC(C(=O)Nc2ccc(Cl)cn2)CC1)n1nnc(-c2ccc(Cl)cc2)n1. The van der Waals surface area contributed by atoms with Gasteiger partial charge in [-0.3, -0.25) is 9.59 Å². The Morgan fingerprint density at radius 3 is 2.42 bits per heavy atom. The Labute approximate surface area is 201 Å². The van der Waals surface area contributed by atoms with Crippen molar-refractivity contribution in [2.75, 3.05) is 18.4 Å². The first-order valence-corrected chi connectivity index (χ1v) is 11.5. The first kappa shape index (κ1) is 23.1. The predicted octanol–water partition coefficient (Wildman–Crippen LogP) is 3.87. The second-order valence-corrected chi connectivity index (χ2v) is 8.69. The Balaban J connectivity index is 1.35. The summed E-state index contributed by atoms with van der Waals surface area (Å²) in [6, 6.07) is 9.90. The van der Waals surface area contributed by atoms with E-state index in [0.717, 1.165) is 5.56 Å². The van der Waals surface area contributed by atoms with Gasteiger partial charge in [-0.1, -0.05) is 30.1 Å². The van der Waals surface area contributed by atoms with Gasteiger partial charge in [-0.05, 0) is 60.9 Å². The molecule has 9 nitrogen and oxygen atoms in total. The lowest BCUT2D eigenvalue weighted by atomic mass is 9.95. The van der Waals surface area contributed by atoms with Crippen LogP contribution >= 0.6 is 23.2 Å². The lowest BCUT2D eigenvalue weighted by Gasteiger charge is -2.33. The smallest absolute Gasteiger partial charge is 0.249 e. The summed E-state index contributed by atoms with van der Waals surface area (Å²) in [7, 11) is 0. The number of amides is 2. The summed E-state index contributed by atoms with van der Waals surface area (Å²) in [6.07, 6.45) is 3.16. The monoisotopic (exact) mass is 487 g/mol. The average molecular weight is 488 g/mol. The van der Waals surface area contributed by atoms with Gasteiger partial charge in [0.1, 0.15) is 5.82 Å². The molecule has 1 aromatic carbocycles. The van der Waals surface area contributed by atoms with Crippen LogP contribution in [0.25, 0.3) is 11.4 Å². The Morgan fingerprint density at radius 1 is 1.09 bits per heavy atom. The Hall–Kier alpha value is -3.04. The lowest BCUT2D eigenvalue weighted by Crippen LogP contribution is -2.44. The molecule has 172 valence electrons. The number of hydrogen-bond acceptors (Lipinski definition) is 6. The van der Waals surface area contributed by atoms with Crippen molar-refractivity contribution in [2.24, 2.45) is 5.92 Å². The molecule has 3 heterocycles. The van der Waals surface area contributed by atoms with Gasteiger partial charge in [0.05, 0.1) is 5.02 Å². The number of rotatable bonds is 6. The first-order valence-electron chi connectivity index (χ1n) is 10.7. The summed E-state index contributed by atoms with van der Waals surface area (Å²) in [5, 5.41) is 16.6. The highest BCUT2D eigenvalue weighted by Crippen LogP contribution is 2.24. The highest BCUT2D eigenvalue weighted by Gasteiger charge is 2.32. The van der Waals surface area contributed by atoms with Gasteiger partial charge in [-0.2, -0.15) is 4.80 Å². The van der Waals surface area contributed by atoms with Crippen molar-refractivity contribution in [1.29, 1.82) is 0 Å². The third-order valence-electron chi connectivity index (χ3n) is 5.64. The van der Waals surface area contributed by atoms with Crippen molar-refractivity contribution in [3.8, 4) is 11.4 Å². The van der Waals surface area contributed by atoms with E-state index in [2.05, 4.69) is 25.7 Å². The molecule has 0 spiro atoms. The fraction of sp³-hybridized carbons (Fsp3) is 0.364. The fourth-order valence-corrected chi connectivity index (χ4v) is 4.00. The van der Waals surface area contributed by atoms with Gasteiger partial charge in [-0.15, -0.1) is 10.2 Å². The van der Waals surface area contributed by atoms with E-state index in [9.17, 15) is 9.59 Å². The molecule has 2 amide bonds. The summed E-state index contributed by atoms with van der Waals surface area (Å²) in [4.78, 5) is 33.0. The largest absolute Gasteiger partial charge is 0.341 e. The lowest BCUT2D eigenvalue weighted by molar-refractivity contribution is -0.138. The normalized spacial score (nSPS) is 15.3. The number of hydrogen-bond donors (Lipinski definition) is 1. The molecular weight excluding hydrogens is 465 g/mol. The third kappa shape index (κ3) is 5.48. The fourth-order valence-electron chi connectivity index (χ4n) is 3.76. The molecule has 1 aliphatic rings. The van der Waals surface area contributed by atoms with Crippen LogP contribution in [-0.4, -0.2) is 55.0 Å². The van der Waals surface area contributed by atoms with Crippen LogP contribution in [0.3, 0.4) is 0 Å². The van der Waals surface area contributed by atoms with E-state index in [1.165, 1.54) is 11.0 Å². The van der Waals surface area contributed by atoms with Gasteiger partial charge in [0.2, 0.25) is 17.6 Å². The van der Waals surface area contributed by atoms with Crippen LogP contribution in [0.2, 0.25) is 10.0 Å². The molecule has 3 aromatic rings. The maximum Gasteiger partial charge on any atom is 0.249 e. The molecule has 0 saturated carbocycles. The van der Waals surface area contributed by atoms with Gasteiger partial charge in [0.15, 0.2) is 6.04 Å². The number of halogens is 2. The van der Waals surface area contributed by atoms with Crippen LogP contribution in [0.4, 0.5) is 5.82 Å². The standard InChI is InChI=1S/C22H23Cl2N7O2/c1-2-18(31-28-20(27-29-31)14-3-5-16(23)6-4-14)22(33)30-11-9-15(10-12-30)21(32)26-19-8-7-17(24)13-25-19/h3-8,13,15,18H,2,9-12H2,1H3,(H,25,26,32). The van der Waals surface area contributed by atoms with Crippen molar-refractivity contribution >= 4 is 40.8 Å². The molecule has 1 saturated heterocycles. The zero-order chi connectivity index (χ0) is 23.4. The Bertz CT molecular complexity index is 1110. The molecule has 1 N–H and O–H groups in total. The molecule has 1 atom stereocenters. The first-order chi connectivity index (χ1) is 15.9. The number of piperidine rings is 1. The summed E-state index contributed by atoms with van der Waals surface area (Å²) in [5.41, 5.74) is 0.773. The highest BCUT2D eigenvalue weighted by atomic mass is 35.5. The molecule has 1 aliphatic heterocycles. The van der Waals surface area contributed by atoms with Crippen molar-refractivity contribution in [3.05, 3.63) is 52.6 Å². The second-order valence-electron chi connectivity index (χ2n) is 7.81. The zero-order valence-corrected chi connectivity index (χ0v) is 19.5. The average Bonchev–Trinajstić information content (AvgIpc) is 3.31. The summed E-state index contributed by atoms with van der Waals surface area (Å²) >= 11 is 11.8. The minimum Gasteiger partial charge on any atom is -0.341 e. The van der Waals surface area contributed by atoms with Crippen LogP contribution in [0.5, 0.6) is 0 Å². The van der Waals surface area contributed by atoms with Crippen LogP contribution in [0.1, 0.15) is 32.2 Å². The quantitative estimate of drug-likeness (QED) is 0.565. The van der Waals surface area contributed by atoms with E-state index in [1.807, 2.05) is 19.1 Å². The molecule has 0 bridgehead atoms. The maximum atomic E-state index is 13.2. The van der Waals surface area contributed by atoms with E-state index in [-0.39, 0.29) is 17.7 Å². The van der Waals surface area contributed by atoms with E-state index in [4.69, 9.17) is 23.2 Å². The van der Waals surface area contributed by atoms with Crippen molar-refractivity contribution in [3.63, 3.8) is 0 Å². The Kier molecular flexibility index (Phi) is 7.20. The molecule has 1 unspecified atom stereocenters. The minimum atomic E-state index is -0.554. The maximum absolute atomic E-state index is 13.2. The molecule has 4 rings (SSSR count). The van der Waals surface area contributed by atoms with Crippen molar-refractivity contribution < 1.29 is 9.59 Å². The number of aromatic nitrogens is 5. The molecule has 33 heavy (non-hydrogen) atoms. The van der Waals surface area contributed by atoms with Gasteiger partial charge < -0.3 is 10.2 Å². The highest BCUT2D eigenvalue weighted by molar-refractivity contribution is 6.30. The van der Waals surface area contributed by atoms with Crippen LogP contribution in [0.15, 0.2) is 42.6 Å². The van der Waals surface area contributed by atoms with Crippen LogP contribution < -0.4 is 5.32 Å². The van der Waals surface area contributed by atoms with Gasteiger partial charge >= 0.3 is 0 Å². The minimum absolute atomic E-state index is 0.0733. The van der Waals surface area contributed by atoms with Crippen molar-refractivity contribution in [2.45, 2.75) is 32.2 Å². The number of carbonyl (C=O) groups excluding carboxylic acids is 2. The zero-order valence-electron chi connectivity index (χ0n) is 18.0. The van der Waals surface area contributed by atoms with Gasteiger partial charge in [-0.25, -0.2) is 4.98 Å².